The van der Waals surface area contributed by atoms with Gasteiger partial charge in [0.25, 0.3) is 5.91 Å². The zero-order chi connectivity index (χ0) is 20.6. The topological polar surface area (TPSA) is 69.7 Å². The lowest BCUT2D eigenvalue weighted by Crippen LogP contribution is -2.46. The first kappa shape index (κ1) is 19.1. The van der Waals surface area contributed by atoms with Crippen LogP contribution in [-0.2, 0) is 28.1 Å². The van der Waals surface area contributed by atoms with Crippen molar-refractivity contribution in [2.75, 3.05) is 13.1 Å². The highest BCUT2D eigenvalue weighted by atomic mass is 19.1. The summed E-state index contributed by atoms with van der Waals surface area (Å²) in [6.07, 6.45) is 1.04. The van der Waals surface area contributed by atoms with Crippen molar-refractivity contribution in [1.29, 1.82) is 0 Å². The Balaban J connectivity index is 1.52. The van der Waals surface area contributed by atoms with Crippen molar-refractivity contribution in [2.24, 2.45) is 0 Å². The van der Waals surface area contributed by atoms with Crippen LogP contribution in [0.2, 0.25) is 0 Å². The van der Waals surface area contributed by atoms with Crippen LogP contribution in [0, 0.1) is 5.82 Å². The van der Waals surface area contributed by atoms with Crippen LogP contribution in [-0.4, -0.2) is 40.7 Å². The second kappa shape index (κ2) is 7.31. The van der Waals surface area contributed by atoms with Gasteiger partial charge in [0, 0.05) is 13.1 Å². The van der Waals surface area contributed by atoms with E-state index in [2.05, 4.69) is 5.32 Å². The van der Waals surface area contributed by atoms with E-state index in [0.717, 1.165) is 16.9 Å². The summed E-state index contributed by atoms with van der Waals surface area (Å²) in [5, 5.41) is 2.72. The summed E-state index contributed by atoms with van der Waals surface area (Å²) < 4.78 is 13.3. The molecule has 1 saturated heterocycles. The summed E-state index contributed by atoms with van der Waals surface area (Å²) >= 11 is 0. The average molecular weight is 395 g/mol. The van der Waals surface area contributed by atoms with E-state index in [0.29, 0.717) is 25.1 Å². The van der Waals surface area contributed by atoms with Crippen molar-refractivity contribution in [2.45, 2.75) is 31.8 Å². The van der Waals surface area contributed by atoms with Gasteiger partial charge in [-0.15, -0.1) is 0 Å². The smallest absolute Gasteiger partial charge is 0.325 e. The van der Waals surface area contributed by atoms with Gasteiger partial charge in [-0.05, 0) is 41.7 Å². The molecule has 4 rings (SSSR count). The summed E-state index contributed by atoms with van der Waals surface area (Å²) in [5.41, 5.74) is 1.52. The van der Waals surface area contributed by atoms with Gasteiger partial charge in [0.05, 0.1) is 0 Å². The summed E-state index contributed by atoms with van der Waals surface area (Å²) in [7, 11) is 0. The molecule has 2 aromatic carbocycles. The maximum Gasteiger partial charge on any atom is 0.325 e. The Hall–Kier alpha value is -3.22. The van der Waals surface area contributed by atoms with Crippen molar-refractivity contribution >= 4 is 17.8 Å². The van der Waals surface area contributed by atoms with Crippen LogP contribution < -0.4 is 5.32 Å². The molecule has 2 aliphatic heterocycles. The Morgan fingerprint density at radius 3 is 2.48 bits per heavy atom. The fourth-order valence-electron chi connectivity index (χ4n) is 4.09. The van der Waals surface area contributed by atoms with Crippen molar-refractivity contribution in [3.05, 3.63) is 71.0 Å². The molecule has 0 bridgehead atoms. The minimum atomic E-state index is -1.28. The number of hydrogen-bond donors (Lipinski definition) is 1. The largest absolute Gasteiger partial charge is 0.336 e. The number of nitrogens with one attached hydrogen (secondary N) is 1. The van der Waals surface area contributed by atoms with Crippen LogP contribution >= 0.6 is 0 Å². The molecular weight excluding hydrogens is 373 g/mol. The van der Waals surface area contributed by atoms with E-state index in [1.54, 1.807) is 11.8 Å². The van der Waals surface area contributed by atoms with Crippen LogP contribution in [0.15, 0.2) is 48.5 Å². The highest BCUT2D eigenvalue weighted by Gasteiger charge is 2.51. The molecule has 0 spiro atoms. The lowest BCUT2D eigenvalue weighted by atomic mass is 9.87. The van der Waals surface area contributed by atoms with Gasteiger partial charge >= 0.3 is 6.03 Å². The second-order valence-corrected chi connectivity index (χ2v) is 7.42. The third kappa shape index (κ3) is 3.26. The van der Waals surface area contributed by atoms with Crippen molar-refractivity contribution in [3.63, 3.8) is 0 Å². The molecule has 4 amide bonds. The Labute approximate surface area is 168 Å². The molecule has 6 nitrogen and oxygen atoms in total. The molecule has 2 aliphatic rings. The third-order valence-electron chi connectivity index (χ3n) is 5.82. The summed E-state index contributed by atoms with van der Waals surface area (Å²) in [5.74, 6) is -1.18. The van der Waals surface area contributed by atoms with Crippen molar-refractivity contribution in [3.8, 4) is 0 Å². The number of urea groups is 1. The molecule has 1 fully saturated rings. The highest BCUT2D eigenvalue weighted by molar-refractivity contribution is 6.09. The van der Waals surface area contributed by atoms with E-state index in [4.69, 9.17) is 0 Å². The lowest BCUT2D eigenvalue weighted by Gasteiger charge is -2.30. The quantitative estimate of drug-likeness (QED) is 0.809. The SMILES string of the molecule is CC[C@@]1(c2ccc(F)cc2)NC(=O)N(CC(=O)N2CCc3ccccc3C2)C1=O. The van der Waals surface area contributed by atoms with Crippen LogP contribution in [0.5, 0.6) is 0 Å². The predicted octanol–water partition coefficient (Wildman–Crippen LogP) is 2.57. The number of amides is 4. The van der Waals surface area contributed by atoms with Gasteiger partial charge in [-0.25, -0.2) is 9.18 Å². The molecule has 29 heavy (non-hydrogen) atoms. The molecule has 2 aromatic rings. The van der Waals surface area contributed by atoms with Crippen LogP contribution in [0.1, 0.15) is 30.0 Å². The number of fused-ring (bicyclic) bond motifs is 1. The molecule has 2 heterocycles. The molecule has 1 N–H and O–H groups in total. The molecule has 0 saturated carbocycles. The van der Waals surface area contributed by atoms with Gasteiger partial charge in [0.1, 0.15) is 17.9 Å². The average Bonchev–Trinajstić information content (AvgIpc) is 2.99. The maximum atomic E-state index is 13.3. The molecule has 7 heteroatoms. The normalized spacial score (nSPS) is 21.2. The predicted molar refractivity (Wildman–Crippen MR) is 104 cm³/mol. The molecule has 0 aromatic heterocycles. The van der Waals surface area contributed by atoms with Crippen LogP contribution in [0.3, 0.4) is 0 Å². The molecule has 150 valence electrons. The Bertz CT molecular complexity index is 976. The van der Waals surface area contributed by atoms with Gasteiger partial charge in [0.2, 0.25) is 5.91 Å². The minimum absolute atomic E-state index is 0.269. The molecule has 1 atom stereocenters. The standard InChI is InChI=1S/C22H22FN3O3/c1-2-22(17-7-9-18(23)10-8-17)20(28)26(21(29)24-22)14-19(27)25-12-11-15-5-3-4-6-16(15)13-25/h3-10H,2,11-14H2,1H3,(H,24,29)/t22-/m0/s1. The number of nitrogens with zero attached hydrogens (tertiary/aromatic N) is 2. The molecular formula is C22H22FN3O3. The molecule has 0 unspecified atom stereocenters. The number of benzene rings is 2. The number of carbonyl (C=O) groups excluding carboxylic acids is 3. The Kier molecular flexibility index (Phi) is 4.82. The van der Waals surface area contributed by atoms with Crippen molar-refractivity contribution in [1.82, 2.24) is 15.1 Å². The van der Waals surface area contributed by atoms with Gasteiger partial charge in [-0.3, -0.25) is 14.5 Å². The number of rotatable bonds is 4. The fourth-order valence-corrected chi connectivity index (χ4v) is 4.09. The maximum absolute atomic E-state index is 13.3. The zero-order valence-corrected chi connectivity index (χ0v) is 16.2. The van der Waals surface area contributed by atoms with E-state index < -0.39 is 23.3 Å². The highest BCUT2D eigenvalue weighted by Crippen LogP contribution is 2.32. The zero-order valence-electron chi connectivity index (χ0n) is 16.2. The fraction of sp³-hybridized carbons (Fsp3) is 0.318. The first-order chi connectivity index (χ1) is 13.9. The van der Waals surface area contributed by atoms with E-state index in [1.165, 1.54) is 29.8 Å². The Morgan fingerprint density at radius 1 is 1.10 bits per heavy atom. The Morgan fingerprint density at radius 2 is 1.79 bits per heavy atom. The number of halogens is 1. The third-order valence-corrected chi connectivity index (χ3v) is 5.82. The molecule has 0 radical (unpaired) electrons. The monoisotopic (exact) mass is 395 g/mol. The minimum Gasteiger partial charge on any atom is -0.336 e. The van der Waals surface area contributed by atoms with E-state index >= 15 is 0 Å². The van der Waals surface area contributed by atoms with E-state index in [9.17, 15) is 18.8 Å². The van der Waals surface area contributed by atoms with Gasteiger partial charge in [-0.1, -0.05) is 43.3 Å². The number of carbonyl (C=O) groups is 3. The first-order valence-corrected chi connectivity index (χ1v) is 9.69. The lowest BCUT2D eigenvalue weighted by molar-refractivity contribution is -0.139. The van der Waals surface area contributed by atoms with Gasteiger partial charge in [-0.2, -0.15) is 0 Å². The number of imide groups is 1. The summed E-state index contributed by atoms with van der Waals surface area (Å²) in [6.45, 7) is 2.48. The summed E-state index contributed by atoms with van der Waals surface area (Å²) in [6, 6.07) is 12.8. The van der Waals surface area contributed by atoms with Gasteiger partial charge in [0.15, 0.2) is 0 Å². The van der Waals surface area contributed by atoms with E-state index in [-0.39, 0.29) is 12.5 Å². The second-order valence-electron chi connectivity index (χ2n) is 7.42. The molecule has 0 aliphatic carbocycles. The van der Waals surface area contributed by atoms with E-state index in [1.807, 2.05) is 24.3 Å². The van der Waals surface area contributed by atoms with Crippen LogP contribution in [0.25, 0.3) is 0 Å². The van der Waals surface area contributed by atoms with Gasteiger partial charge < -0.3 is 10.2 Å². The number of hydrogen-bond acceptors (Lipinski definition) is 3. The van der Waals surface area contributed by atoms with Crippen molar-refractivity contribution < 1.29 is 18.8 Å². The van der Waals surface area contributed by atoms with Crippen LogP contribution in [0.4, 0.5) is 9.18 Å². The summed E-state index contributed by atoms with van der Waals surface area (Å²) in [4.78, 5) is 41.2. The first-order valence-electron chi connectivity index (χ1n) is 9.69.